The standard InChI is InChI=1S/C55H83N17O19/c1-26(2)19-33(56)46(83)70-37(21-30-11-15-32(75)16-12-30)51(88)67-34(7-5-17-61-54(57)58)47(84)64-27(3)44(81)63-24-41(76)66-38(22-42(77)78)52(89)71-39(23-43(79)80)49(86)65-28(4)45(82)69-36(20-29-9-13-31(74)14-10-29)50(87)68-35(8-6-18-62-55(59)60)48(85)72-40(25-73)53(90)91/h9-16,26-28,33-40,73-75H,5-8,17-25,56H2,1-4H3,(H,63,81)(H,64,84)(H,65,86)(H,66,76)(H,67,88)(H,68,87)(H,69,82)(H,70,83)(H,71,89)(H,72,85)(H,77,78)(H,79,80)(H,90,91)(H4,57,58,61)(H4,59,60,62)/t27-,28-,33-,34-,35-,36-,37-,38-,39-,40-/m0/s1. The Balaban J connectivity index is 2.28. The molecule has 0 unspecified atom stereocenters. The van der Waals surface area contributed by atoms with Gasteiger partial charge in [-0.2, -0.15) is 0 Å². The number of aliphatic hydroxyl groups is 1. The summed E-state index contributed by atoms with van der Waals surface area (Å²) in [4.78, 5) is 179. The van der Waals surface area contributed by atoms with Gasteiger partial charge in [0.2, 0.25) is 59.1 Å². The number of aliphatic imine (C=N–C) groups is 2. The molecular weight excluding hydrogens is 1200 g/mol. The van der Waals surface area contributed by atoms with Crippen LogP contribution in [0.5, 0.6) is 11.5 Å². The van der Waals surface area contributed by atoms with Crippen LogP contribution in [0.1, 0.15) is 83.8 Å². The number of hydrogen-bond acceptors (Lipinski definition) is 19. The molecule has 91 heavy (non-hydrogen) atoms. The lowest BCUT2D eigenvalue weighted by molar-refractivity contribution is -0.143. The Morgan fingerprint density at radius 1 is 0.451 bits per heavy atom. The van der Waals surface area contributed by atoms with Crippen LogP contribution < -0.4 is 81.8 Å². The summed E-state index contributed by atoms with van der Waals surface area (Å²) in [5.74, 6) is -16.5. The number of carbonyl (C=O) groups is 13. The Hall–Kier alpha value is -10.4. The predicted molar refractivity (Wildman–Crippen MR) is 322 cm³/mol. The van der Waals surface area contributed by atoms with Gasteiger partial charge < -0.3 is 112 Å². The second kappa shape index (κ2) is 38.8. The van der Waals surface area contributed by atoms with Crippen molar-refractivity contribution in [1.29, 1.82) is 0 Å². The molecule has 0 fully saturated rings. The zero-order valence-electron chi connectivity index (χ0n) is 50.4. The number of benzene rings is 2. The van der Waals surface area contributed by atoms with Gasteiger partial charge in [0, 0.05) is 25.9 Å². The number of carboxylic acids is 3. The van der Waals surface area contributed by atoms with Gasteiger partial charge in [-0.1, -0.05) is 38.1 Å². The summed E-state index contributed by atoms with van der Waals surface area (Å²) in [5.41, 5.74) is 28.6. The van der Waals surface area contributed by atoms with E-state index < -0.39 is 163 Å². The van der Waals surface area contributed by atoms with Crippen molar-refractivity contribution >= 4 is 88.9 Å². The van der Waals surface area contributed by atoms with Gasteiger partial charge in [0.25, 0.3) is 0 Å². The largest absolute Gasteiger partial charge is 0.508 e. The summed E-state index contributed by atoms with van der Waals surface area (Å²) in [6, 6.07) is -4.92. The van der Waals surface area contributed by atoms with Crippen molar-refractivity contribution in [2.45, 2.75) is 146 Å². The average Bonchev–Trinajstić information content (AvgIpc) is 1.34. The molecule has 26 N–H and O–H groups in total. The van der Waals surface area contributed by atoms with Gasteiger partial charge in [0.05, 0.1) is 32.0 Å². The number of aliphatic carboxylic acids is 3. The number of rotatable bonds is 40. The third kappa shape index (κ3) is 29.9. The summed E-state index contributed by atoms with van der Waals surface area (Å²) in [6.45, 7) is 3.90. The number of phenols is 2. The first-order valence-corrected chi connectivity index (χ1v) is 28.4. The molecule has 0 radical (unpaired) electrons. The number of guanidine groups is 2. The molecule has 0 aliphatic rings. The fourth-order valence-electron chi connectivity index (χ4n) is 8.26. The number of carboxylic acid groups (broad SMARTS) is 3. The molecule has 0 saturated heterocycles. The predicted octanol–water partition coefficient (Wildman–Crippen LogP) is -7.09. The first kappa shape index (κ1) is 76.7. The van der Waals surface area contributed by atoms with Crippen molar-refractivity contribution in [3.63, 3.8) is 0 Å². The maximum absolute atomic E-state index is 13.9. The van der Waals surface area contributed by atoms with Crippen molar-refractivity contribution in [3.05, 3.63) is 59.7 Å². The van der Waals surface area contributed by atoms with E-state index in [4.69, 9.17) is 28.7 Å². The van der Waals surface area contributed by atoms with Gasteiger partial charge in [-0.3, -0.25) is 67.5 Å². The zero-order valence-corrected chi connectivity index (χ0v) is 50.4. The van der Waals surface area contributed by atoms with Crippen LogP contribution in [0, 0.1) is 5.92 Å². The van der Waals surface area contributed by atoms with E-state index in [1.165, 1.54) is 55.5 Å². The summed E-state index contributed by atoms with van der Waals surface area (Å²) < 4.78 is 0. The number of nitrogens with two attached hydrogens (primary N) is 5. The summed E-state index contributed by atoms with van der Waals surface area (Å²) in [5, 5.41) is 80.8. The van der Waals surface area contributed by atoms with Crippen molar-refractivity contribution in [3.8, 4) is 11.5 Å². The number of phenolic OH excluding ortho intramolecular Hbond substituents is 2. The molecule has 0 aliphatic heterocycles. The van der Waals surface area contributed by atoms with Crippen LogP contribution in [0.15, 0.2) is 58.5 Å². The quantitative estimate of drug-likeness (QED) is 0.0167. The number of amides is 10. The van der Waals surface area contributed by atoms with E-state index in [1.807, 2.05) is 19.2 Å². The van der Waals surface area contributed by atoms with E-state index in [1.54, 1.807) is 0 Å². The van der Waals surface area contributed by atoms with Crippen LogP contribution in [0.4, 0.5) is 0 Å². The first-order chi connectivity index (χ1) is 42.7. The molecular formula is C55H83N17O19. The SMILES string of the molecule is CC(C)C[C@H](N)C(=O)N[C@@H](Cc1ccc(O)cc1)C(=O)N[C@@H](CCCN=C(N)N)C(=O)N[C@@H](C)C(=O)NCC(=O)N[C@@H](CC(=O)O)C(=O)N[C@@H](CC(=O)O)C(=O)N[C@@H](C)C(=O)N[C@@H](Cc1ccc(O)cc1)C(=O)N[C@@H](CCCN=C(N)N)C(=O)N[C@@H](CO)C(=O)O. The maximum Gasteiger partial charge on any atom is 0.328 e. The van der Waals surface area contributed by atoms with Crippen molar-refractivity contribution < 1.29 is 93.0 Å². The highest BCUT2D eigenvalue weighted by Crippen LogP contribution is 2.15. The van der Waals surface area contributed by atoms with Crippen molar-refractivity contribution in [1.82, 2.24) is 53.2 Å². The summed E-state index contributed by atoms with van der Waals surface area (Å²) in [7, 11) is 0. The Morgan fingerprint density at radius 2 is 0.802 bits per heavy atom. The molecule has 36 nitrogen and oxygen atoms in total. The molecule has 2 aromatic carbocycles. The Kier molecular flexibility index (Phi) is 32.7. The van der Waals surface area contributed by atoms with Crippen LogP contribution >= 0.6 is 0 Å². The molecule has 0 spiro atoms. The van der Waals surface area contributed by atoms with Gasteiger partial charge in [0.15, 0.2) is 11.9 Å². The first-order valence-electron chi connectivity index (χ1n) is 28.4. The van der Waals surface area contributed by atoms with Gasteiger partial charge in [-0.15, -0.1) is 0 Å². The van der Waals surface area contributed by atoms with E-state index in [9.17, 15) is 93.0 Å². The maximum atomic E-state index is 13.9. The highest BCUT2D eigenvalue weighted by molar-refractivity contribution is 5.99. The lowest BCUT2D eigenvalue weighted by Crippen LogP contribution is -2.60. The van der Waals surface area contributed by atoms with Crippen LogP contribution in [0.25, 0.3) is 0 Å². The topological polar surface area (TPSA) is 618 Å². The number of aromatic hydroxyl groups is 2. The molecule has 0 aromatic heterocycles. The van der Waals surface area contributed by atoms with Gasteiger partial charge in [-0.05, 0) is 87.3 Å². The van der Waals surface area contributed by atoms with Crippen LogP contribution in [-0.4, -0.2) is 206 Å². The third-order valence-corrected chi connectivity index (χ3v) is 13.0. The van der Waals surface area contributed by atoms with Gasteiger partial charge in [0.1, 0.15) is 65.9 Å². The second-order valence-corrected chi connectivity index (χ2v) is 21.3. The highest BCUT2D eigenvalue weighted by Gasteiger charge is 2.35. The lowest BCUT2D eigenvalue weighted by atomic mass is 10.0. The number of nitrogens with one attached hydrogen (secondary N) is 10. The zero-order chi connectivity index (χ0) is 68.7. The van der Waals surface area contributed by atoms with Gasteiger partial charge >= 0.3 is 17.9 Å². The van der Waals surface area contributed by atoms with Crippen LogP contribution in [0.3, 0.4) is 0 Å². The number of hydrogen-bond donors (Lipinski definition) is 21. The van der Waals surface area contributed by atoms with E-state index in [2.05, 4.69) is 57.8 Å². The molecule has 2 aromatic rings. The number of nitrogens with zero attached hydrogens (tertiary/aromatic N) is 2. The fraction of sp³-hybridized carbons (Fsp3) is 0.509. The van der Waals surface area contributed by atoms with Crippen LogP contribution in [0.2, 0.25) is 0 Å². The number of carbonyl (C=O) groups excluding carboxylic acids is 10. The van der Waals surface area contributed by atoms with Crippen LogP contribution in [-0.2, 0) is 75.2 Å². The molecule has 0 aliphatic carbocycles. The Morgan fingerprint density at radius 3 is 1.21 bits per heavy atom. The monoisotopic (exact) mass is 1290 g/mol. The molecule has 36 heteroatoms. The molecule has 0 heterocycles. The van der Waals surface area contributed by atoms with E-state index >= 15 is 0 Å². The molecule has 0 saturated carbocycles. The molecule has 0 bridgehead atoms. The normalized spacial score (nSPS) is 14.1. The number of aliphatic hydroxyl groups excluding tert-OH is 1. The Bertz CT molecular complexity index is 2920. The average molecular weight is 1290 g/mol. The molecule has 10 atom stereocenters. The molecule has 10 amide bonds. The van der Waals surface area contributed by atoms with E-state index in [-0.39, 0.29) is 87.4 Å². The second-order valence-electron chi connectivity index (χ2n) is 21.3. The molecule has 2 rings (SSSR count). The summed E-state index contributed by atoms with van der Waals surface area (Å²) >= 11 is 0. The third-order valence-electron chi connectivity index (χ3n) is 13.0. The van der Waals surface area contributed by atoms with Gasteiger partial charge in [-0.25, -0.2) is 4.79 Å². The van der Waals surface area contributed by atoms with E-state index in [0.717, 1.165) is 6.92 Å². The smallest absolute Gasteiger partial charge is 0.328 e. The minimum absolute atomic E-state index is 0.0000795. The fourth-order valence-corrected chi connectivity index (χ4v) is 8.26. The summed E-state index contributed by atoms with van der Waals surface area (Å²) in [6.07, 6.45) is -2.76. The van der Waals surface area contributed by atoms with Crippen molar-refractivity contribution in [2.24, 2.45) is 44.6 Å². The highest BCUT2D eigenvalue weighted by atomic mass is 16.4. The lowest BCUT2D eigenvalue weighted by Gasteiger charge is -2.26. The van der Waals surface area contributed by atoms with E-state index in [0.29, 0.717) is 11.1 Å². The Labute approximate surface area is 521 Å². The van der Waals surface area contributed by atoms with Crippen molar-refractivity contribution in [2.75, 3.05) is 26.2 Å². The molecule has 502 valence electrons. The minimum atomic E-state index is -2.09. The minimum Gasteiger partial charge on any atom is -0.508 e.